The molecule has 1 aliphatic rings. The number of piperazine rings is 1. The molecular formula is C20H19FN2O2S. The Morgan fingerprint density at radius 3 is 2.65 bits per heavy atom. The molecule has 3 aromatic rings. The summed E-state index contributed by atoms with van der Waals surface area (Å²) in [5.74, 6) is 0.340. The molecule has 6 heteroatoms. The number of carbonyl (C=O) groups excluding carboxylic acids is 1. The number of halogens is 1. The van der Waals surface area contributed by atoms with E-state index in [1.165, 1.54) is 17.4 Å². The zero-order valence-corrected chi connectivity index (χ0v) is 15.0. The summed E-state index contributed by atoms with van der Waals surface area (Å²) >= 11 is 1.34. The lowest BCUT2D eigenvalue weighted by molar-refractivity contribution is 0.0738. The number of hydrogen-bond donors (Lipinski definition) is 1. The third-order valence-electron chi connectivity index (χ3n) is 4.49. The monoisotopic (exact) mass is 370 g/mol. The molecule has 1 aliphatic heterocycles. The summed E-state index contributed by atoms with van der Waals surface area (Å²) in [4.78, 5) is 15.4. The van der Waals surface area contributed by atoms with Crippen molar-refractivity contribution in [3.05, 3.63) is 64.8 Å². The summed E-state index contributed by atoms with van der Waals surface area (Å²) in [5.41, 5.74) is 0.635. The average Bonchev–Trinajstić information content (AvgIpc) is 3.07. The number of nitrogens with zero attached hydrogens (tertiary/aromatic N) is 1. The molecule has 1 aromatic heterocycles. The third kappa shape index (κ3) is 3.30. The summed E-state index contributed by atoms with van der Waals surface area (Å²) < 4.78 is 21.1. The Labute approximate surface area is 155 Å². The van der Waals surface area contributed by atoms with Gasteiger partial charge in [-0.2, -0.15) is 0 Å². The lowest BCUT2D eigenvalue weighted by atomic mass is 10.1. The Balaban J connectivity index is 1.71. The molecular weight excluding hydrogens is 351 g/mol. The normalized spacial score (nSPS) is 14.6. The Bertz CT molecular complexity index is 920. The van der Waals surface area contributed by atoms with Crippen molar-refractivity contribution in [2.24, 2.45) is 0 Å². The number of para-hydroxylation sites is 1. The van der Waals surface area contributed by atoms with Crippen LogP contribution in [0.4, 0.5) is 4.39 Å². The van der Waals surface area contributed by atoms with Crippen molar-refractivity contribution in [3.8, 4) is 5.75 Å². The van der Waals surface area contributed by atoms with Gasteiger partial charge in [-0.15, -0.1) is 11.3 Å². The van der Waals surface area contributed by atoms with Gasteiger partial charge in [0.05, 0.1) is 4.88 Å². The molecule has 4 nitrogen and oxygen atoms in total. The van der Waals surface area contributed by atoms with Gasteiger partial charge >= 0.3 is 0 Å². The molecule has 0 radical (unpaired) electrons. The molecule has 0 saturated carbocycles. The first kappa shape index (κ1) is 17.0. The lowest BCUT2D eigenvalue weighted by Gasteiger charge is -2.27. The summed E-state index contributed by atoms with van der Waals surface area (Å²) in [7, 11) is 0. The zero-order valence-electron chi connectivity index (χ0n) is 14.2. The minimum Gasteiger partial charge on any atom is -0.489 e. The van der Waals surface area contributed by atoms with Crippen LogP contribution in [0.15, 0.2) is 48.5 Å². The highest BCUT2D eigenvalue weighted by molar-refractivity contribution is 7.21. The molecule has 134 valence electrons. The van der Waals surface area contributed by atoms with Crippen LogP contribution in [0.5, 0.6) is 5.75 Å². The molecule has 4 rings (SSSR count). The molecule has 2 heterocycles. The molecule has 1 N–H and O–H groups in total. The fraction of sp³-hybridized carbons (Fsp3) is 0.250. The number of nitrogens with one attached hydrogen (secondary N) is 1. The van der Waals surface area contributed by atoms with E-state index in [1.54, 1.807) is 6.07 Å². The van der Waals surface area contributed by atoms with Gasteiger partial charge in [0.2, 0.25) is 0 Å². The Hall–Kier alpha value is -2.44. The number of rotatable bonds is 4. The standard InChI is InChI=1S/C20H19FN2O2S/c21-16-7-4-8-17-18(16)15(13-25-14-5-2-1-3-6-14)19(26-17)20(24)23-11-9-22-10-12-23/h1-8,22H,9-13H2. The highest BCUT2D eigenvalue weighted by Crippen LogP contribution is 2.35. The minimum absolute atomic E-state index is 0.0428. The number of ether oxygens (including phenoxy) is 1. The molecule has 1 saturated heterocycles. The van der Waals surface area contributed by atoms with Gasteiger partial charge < -0.3 is 15.0 Å². The van der Waals surface area contributed by atoms with Crippen LogP contribution in [-0.4, -0.2) is 37.0 Å². The van der Waals surface area contributed by atoms with Crippen LogP contribution >= 0.6 is 11.3 Å². The molecule has 0 spiro atoms. The van der Waals surface area contributed by atoms with E-state index in [0.717, 1.165) is 17.8 Å². The Kier molecular flexibility index (Phi) is 4.86. The molecule has 0 bridgehead atoms. The number of thiophene rings is 1. The van der Waals surface area contributed by atoms with Crippen LogP contribution in [0.25, 0.3) is 10.1 Å². The second-order valence-corrected chi connectivity index (χ2v) is 7.22. The molecule has 2 aromatic carbocycles. The van der Waals surface area contributed by atoms with Crippen molar-refractivity contribution in [2.45, 2.75) is 6.61 Å². The maximum absolute atomic E-state index is 14.5. The number of hydrogen-bond acceptors (Lipinski definition) is 4. The second kappa shape index (κ2) is 7.43. The van der Waals surface area contributed by atoms with Gasteiger partial charge in [-0.1, -0.05) is 24.3 Å². The molecule has 26 heavy (non-hydrogen) atoms. The number of fused-ring (bicyclic) bond motifs is 1. The van der Waals surface area contributed by atoms with Crippen molar-refractivity contribution >= 4 is 27.3 Å². The SMILES string of the molecule is O=C(c1sc2cccc(F)c2c1COc1ccccc1)N1CCNCC1. The highest BCUT2D eigenvalue weighted by atomic mass is 32.1. The summed E-state index contributed by atoms with van der Waals surface area (Å²) in [6, 6.07) is 14.3. The quantitative estimate of drug-likeness (QED) is 0.762. The van der Waals surface area contributed by atoms with Gasteiger partial charge in [-0.25, -0.2) is 4.39 Å². The van der Waals surface area contributed by atoms with E-state index >= 15 is 0 Å². The molecule has 0 unspecified atom stereocenters. The number of amides is 1. The van der Waals surface area contributed by atoms with Crippen LogP contribution in [-0.2, 0) is 6.61 Å². The maximum Gasteiger partial charge on any atom is 0.264 e. The van der Waals surface area contributed by atoms with E-state index < -0.39 is 0 Å². The van der Waals surface area contributed by atoms with Crippen LogP contribution < -0.4 is 10.1 Å². The van der Waals surface area contributed by atoms with E-state index in [4.69, 9.17) is 4.74 Å². The van der Waals surface area contributed by atoms with E-state index in [0.29, 0.717) is 34.7 Å². The number of benzene rings is 2. The summed E-state index contributed by atoms with van der Waals surface area (Å²) in [6.07, 6.45) is 0. The van der Waals surface area contributed by atoms with Crippen LogP contribution in [0.2, 0.25) is 0 Å². The molecule has 1 amide bonds. The van der Waals surface area contributed by atoms with Crippen LogP contribution in [0.3, 0.4) is 0 Å². The van der Waals surface area contributed by atoms with Crippen LogP contribution in [0.1, 0.15) is 15.2 Å². The topological polar surface area (TPSA) is 41.6 Å². The van der Waals surface area contributed by atoms with Crippen molar-refractivity contribution < 1.29 is 13.9 Å². The van der Waals surface area contributed by atoms with Crippen LogP contribution in [0, 0.1) is 5.82 Å². The highest BCUT2D eigenvalue weighted by Gasteiger charge is 2.26. The zero-order chi connectivity index (χ0) is 17.9. The van der Waals surface area contributed by atoms with Gasteiger partial charge in [-0.3, -0.25) is 4.79 Å². The first-order valence-electron chi connectivity index (χ1n) is 8.62. The second-order valence-electron chi connectivity index (χ2n) is 6.17. The summed E-state index contributed by atoms with van der Waals surface area (Å²) in [6.45, 7) is 3.04. The number of carbonyl (C=O) groups is 1. The maximum atomic E-state index is 14.5. The molecule has 0 aliphatic carbocycles. The summed E-state index contributed by atoms with van der Waals surface area (Å²) in [5, 5.41) is 3.74. The van der Waals surface area contributed by atoms with Gasteiger partial charge in [0, 0.05) is 41.8 Å². The van der Waals surface area contributed by atoms with Gasteiger partial charge in [-0.05, 0) is 24.3 Å². The van der Waals surface area contributed by atoms with E-state index in [2.05, 4.69) is 5.32 Å². The van der Waals surface area contributed by atoms with Crippen molar-refractivity contribution in [2.75, 3.05) is 26.2 Å². The predicted octanol–water partition coefficient (Wildman–Crippen LogP) is 3.66. The first-order chi connectivity index (χ1) is 12.7. The fourth-order valence-corrected chi connectivity index (χ4v) is 4.35. The van der Waals surface area contributed by atoms with E-state index in [9.17, 15) is 9.18 Å². The fourth-order valence-electron chi connectivity index (χ4n) is 3.16. The molecule has 0 atom stereocenters. The van der Waals surface area contributed by atoms with Gasteiger partial charge in [0.1, 0.15) is 18.2 Å². The Morgan fingerprint density at radius 1 is 1.12 bits per heavy atom. The lowest BCUT2D eigenvalue weighted by Crippen LogP contribution is -2.46. The average molecular weight is 370 g/mol. The largest absolute Gasteiger partial charge is 0.489 e. The van der Waals surface area contributed by atoms with Crippen molar-refractivity contribution in [1.82, 2.24) is 10.2 Å². The van der Waals surface area contributed by atoms with Gasteiger partial charge in [0.25, 0.3) is 5.91 Å². The predicted molar refractivity (Wildman–Crippen MR) is 101 cm³/mol. The first-order valence-corrected chi connectivity index (χ1v) is 9.43. The molecule has 1 fully saturated rings. The van der Waals surface area contributed by atoms with Crippen molar-refractivity contribution in [3.63, 3.8) is 0 Å². The third-order valence-corrected chi connectivity index (χ3v) is 5.67. The minimum atomic E-state index is -0.315. The van der Waals surface area contributed by atoms with Gasteiger partial charge in [0.15, 0.2) is 0 Å². The smallest absolute Gasteiger partial charge is 0.264 e. The Morgan fingerprint density at radius 2 is 1.88 bits per heavy atom. The van der Waals surface area contributed by atoms with E-state index in [1.807, 2.05) is 41.3 Å². The van der Waals surface area contributed by atoms with Crippen molar-refractivity contribution in [1.29, 1.82) is 0 Å². The van der Waals surface area contributed by atoms with E-state index in [-0.39, 0.29) is 18.3 Å².